The average Bonchev–Trinajstić information content (AvgIpc) is 2.49. The van der Waals surface area contributed by atoms with E-state index in [1.807, 2.05) is 20.1 Å². The van der Waals surface area contributed by atoms with Gasteiger partial charge in [-0.1, -0.05) is 19.9 Å². The molecule has 21 heavy (non-hydrogen) atoms. The molecule has 0 fully saturated rings. The Morgan fingerprint density at radius 3 is 2.43 bits per heavy atom. The van der Waals surface area contributed by atoms with Crippen LogP contribution in [0.2, 0.25) is 0 Å². The van der Waals surface area contributed by atoms with Gasteiger partial charge in [-0.15, -0.1) is 0 Å². The Kier molecular flexibility index (Phi) is 6.24. The summed E-state index contributed by atoms with van der Waals surface area (Å²) >= 11 is 1.64. The molecular formula is C14H21NO4S2. The van der Waals surface area contributed by atoms with Gasteiger partial charge in [0.2, 0.25) is 10.0 Å². The Bertz CT molecular complexity index is 586. The van der Waals surface area contributed by atoms with Gasteiger partial charge in [0.25, 0.3) is 0 Å². The van der Waals surface area contributed by atoms with E-state index in [1.54, 1.807) is 11.8 Å². The van der Waals surface area contributed by atoms with Crippen molar-refractivity contribution in [1.29, 1.82) is 0 Å². The number of hydrogen-bond acceptors (Lipinski definition) is 4. The molecule has 5 nitrogen and oxygen atoms in total. The van der Waals surface area contributed by atoms with Crippen LogP contribution >= 0.6 is 11.8 Å². The smallest absolute Gasteiger partial charge is 0.335 e. The predicted molar refractivity (Wildman–Crippen MR) is 85.4 cm³/mol. The summed E-state index contributed by atoms with van der Waals surface area (Å²) in [6.07, 6.45) is 3.66. The van der Waals surface area contributed by atoms with Crippen molar-refractivity contribution in [3.63, 3.8) is 0 Å². The highest BCUT2D eigenvalue weighted by atomic mass is 32.2. The van der Waals surface area contributed by atoms with Crippen molar-refractivity contribution in [2.75, 3.05) is 12.8 Å². The Morgan fingerprint density at radius 1 is 1.33 bits per heavy atom. The number of hydrogen-bond donors (Lipinski definition) is 2. The first-order chi connectivity index (χ1) is 9.80. The van der Waals surface area contributed by atoms with Crippen LogP contribution in [0.5, 0.6) is 0 Å². The summed E-state index contributed by atoms with van der Waals surface area (Å²) < 4.78 is 27.0. The molecule has 1 aromatic rings. The van der Waals surface area contributed by atoms with E-state index >= 15 is 0 Å². The molecule has 2 N–H and O–H groups in total. The minimum absolute atomic E-state index is 0.0235. The molecule has 0 aliphatic carbocycles. The summed E-state index contributed by atoms with van der Waals surface area (Å²) in [6.45, 7) is 4.37. The standard InChI is InChI=1S/C14H21NO4S2/c1-4-14(5-2,20-3)10-15-21(18,19)12-8-6-7-11(9-12)13(16)17/h6-9,15H,4-5,10H2,1-3H3,(H,16,17). The molecule has 0 saturated carbocycles. The van der Waals surface area contributed by atoms with Gasteiger partial charge in [0.1, 0.15) is 0 Å². The second kappa shape index (κ2) is 7.29. The van der Waals surface area contributed by atoms with Gasteiger partial charge in [-0.05, 0) is 37.3 Å². The largest absolute Gasteiger partial charge is 0.478 e. The zero-order valence-electron chi connectivity index (χ0n) is 12.4. The molecule has 0 unspecified atom stereocenters. The number of thioether (sulfide) groups is 1. The van der Waals surface area contributed by atoms with Crippen molar-refractivity contribution >= 4 is 27.8 Å². The van der Waals surface area contributed by atoms with Gasteiger partial charge >= 0.3 is 5.97 Å². The third-order valence-electron chi connectivity index (χ3n) is 3.70. The van der Waals surface area contributed by atoms with Crippen molar-refractivity contribution in [1.82, 2.24) is 4.72 Å². The van der Waals surface area contributed by atoms with E-state index in [4.69, 9.17) is 5.11 Å². The summed E-state index contributed by atoms with van der Waals surface area (Å²) in [4.78, 5) is 10.9. The number of carbonyl (C=O) groups is 1. The molecule has 7 heteroatoms. The second-order valence-electron chi connectivity index (χ2n) is 4.75. The molecule has 0 heterocycles. The Morgan fingerprint density at radius 2 is 1.95 bits per heavy atom. The lowest BCUT2D eigenvalue weighted by Crippen LogP contribution is -2.39. The number of nitrogens with one attached hydrogen (secondary N) is 1. The maximum atomic E-state index is 12.3. The molecular weight excluding hydrogens is 310 g/mol. The highest BCUT2D eigenvalue weighted by Gasteiger charge is 2.27. The average molecular weight is 331 g/mol. The second-order valence-corrected chi connectivity index (χ2v) is 7.79. The normalized spacial score (nSPS) is 12.3. The number of sulfonamides is 1. The van der Waals surface area contributed by atoms with E-state index in [-0.39, 0.29) is 15.2 Å². The van der Waals surface area contributed by atoms with Crippen LogP contribution in [0.25, 0.3) is 0 Å². The lowest BCUT2D eigenvalue weighted by atomic mass is 10.0. The molecule has 0 aliphatic rings. The third kappa shape index (κ3) is 4.46. The van der Waals surface area contributed by atoms with E-state index in [2.05, 4.69) is 4.72 Å². The van der Waals surface area contributed by atoms with Crippen LogP contribution in [0.4, 0.5) is 0 Å². The molecule has 0 aliphatic heterocycles. The quantitative estimate of drug-likeness (QED) is 0.765. The van der Waals surface area contributed by atoms with Crippen LogP contribution < -0.4 is 4.72 Å². The number of benzene rings is 1. The Balaban J connectivity index is 2.97. The first-order valence-corrected chi connectivity index (χ1v) is 9.39. The fraction of sp³-hybridized carbons (Fsp3) is 0.500. The zero-order chi connectivity index (χ0) is 16.1. The fourth-order valence-corrected chi connectivity index (χ4v) is 4.03. The van der Waals surface area contributed by atoms with E-state index < -0.39 is 16.0 Å². The van der Waals surface area contributed by atoms with E-state index in [9.17, 15) is 13.2 Å². The molecule has 0 aromatic heterocycles. The fourth-order valence-electron chi connectivity index (χ4n) is 1.97. The van der Waals surface area contributed by atoms with Gasteiger partial charge in [0, 0.05) is 11.3 Å². The van der Waals surface area contributed by atoms with Crippen LogP contribution in [0, 0.1) is 0 Å². The molecule has 0 saturated heterocycles. The first kappa shape index (κ1) is 18.0. The molecule has 0 bridgehead atoms. The number of carboxylic acid groups (broad SMARTS) is 1. The van der Waals surface area contributed by atoms with Crippen LogP contribution in [-0.2, 0) is 10.0 Å². The first-order valence-electron chi connectivity index (χ1n) is 6.68. The zero-order valence-corrected chi connectivity index (χ0v) is 14.1. The summed E-state index contributed by atoms with van der Waals surface area (Å²) in [5.41, 5.74) is -0.0417. The van der Waals surface area contributed by atoms with Gasteiger partial charge < -0.3 is 5.11 Å². The van der Waals surface area contributed by atoms with Crippen LogP contribution in [0.15, 0.2) is 29.2 Å². The van der Waals surface area contributed by atoms with Gasteiger partial charge in [-0.3, -0.25) is 0 Å². The van der Waals surface area contributed by atoms with Gasteiger partial charge in [0.05, 0.1) is 10.5 Å². The lowest BCUT2D eigenvalue weighted by Gasteiger charge is -2.29. The monoisotopic (exact) mass is 331 g/mol. The van der Waals surface area contributed by atoms with Crippen molar-refractivity contribution in [2.45, 2.75) is 36.3 Å². The molecule has 1 rings (SSSR count). The summed E-state index contributed by atoms with van der Waals surface area (Å²) in [5.74, 6) is -1.15. The molecule has 1 aromatic carbocycles. The van der Waals surface area contributed by atoms with E-state index in [1.165, 1.54) is 24.3 Å². The van der Waals surface area contributed by atoms with E-state index in [0.717, 1.165) is 12.8 Å². The van der Waals surface area contributed by atoms with Crippen molar-refractivity contribution in [3.8, 4) is 0 Å². The van der Waals surface area contributed by atoms with Crippen molar-refractivity contribution in [2.24, 2.45) is 0 Å². The SMILES string of the molecule is CCC(CC)(CNS(=O)(=O)c1cccc(C(=O)O)c1)SC. The number of rotatable bonds is 8. The molecule has 0 atom stereocenters. The Hall–Kier alpha value is -1.05. The van der Waals surface area contributed by atoms with Gasteiger partial charge in [0.15, 0.2) is 0 Å². The number of aromatic carboxylic acids is 1. The highest BCUT2D eigenvalue weighted by Crippen LogP contribution is 2.30. The molecule has 0 radical (unpaired) electrons. The topological polar surface area (TPSA) is 83.5 Å². The highest BCUT2D eigenvalue weighted by molar-refractivity contribution is 8.00. The summed E-state index contributed by atoms with van der Waals surface area (Å²) in [5, 5.41) is 8.93. The summed E-state index contributed by atoms with van der Waals surface area (Å²) in [6, 6.07) is 5.36. The lowest BCUT2D eigenvalue weighted by molar-refractivity contribution is 0.0696. The van der Waals surface area contributed by atoms with Crippen LogP contribution in [-0.4, -0.2) is 37.0 Å². The van der Waals surface area contributed by atoms with E-state index in [0.29, 0.717) is 6.54 Å². The Labute approximate surface area is 130 Å². The minimum Gasteiger partial charge on any atom is -0.478 e. The maximum absolute atomic E-state index is 12.3. The molecule has 118 valence electrons. The van der Waals surface area contributed by atoms with Gasteiger partial charge in [-0.25, -0.2) is 17.9 Å². The maximum Gasteiger partial charge on any atom is 0.335 e. The summed E-state index contributed by atoms with van der Waals surface area (Å²) in [7, 11) is -3.71. The van der Waals surface area contributed by atoms with Crippen LogP contribution in [0.1, 0.15) is 37.0 Å². The molecule has 0 spiro atoms. The van der Waals surface area contributed by atoms with Crippen molar-refractivity contribution in [3.05, 3.63) is 29.8 Å². The minimum atomic E-state index is -3.71. The van der Waals surface area contributed by atoms with Crippen molar-refractivity contribution < 1.29 is 18.3 Å². The third-order valence-corrected chi connectivity index (χ3v) is 6.68. The predicted octanol–water partition coefficient (Wildman–Crippen LogP) is 2.58. The van der Waals surface area contributed by atoms with Crippen LogP contribution in [0.3, 0.4) is 0 Å². The number of carboxylic acids is 1. The van der Waals surface area contributed by atoms with Gasteiger partial charge in [-0.2, -0.15) is 11.8 Å². The molecule has 0 amide bonds.